The van der Waals surface area contributed by atoms with E-state index in [0.29, 0.717) is 63.9 Å². The molecule has 6 aliphatic heterocycles. The number of aromatic nitrogens is 4. The van der Waals surface area contributed by atoms with Gasteiger partial charge in [0.25, 0.3) is 0 Å². The average Bonchev–Trinajstić information content (AvgIpc) is 4.19. The molecule has 16 heteroatoms. The van der Waals surface area contributed by atoms with Crippen LogP contribution in [0.1, 0.15) is 120 Å². The summed E-state index contributed by atoms with van der Waals surface area (Å²) < 4.78 is 2.20. The third kappa shape index (κ3) is 7.79. The minimum Gasteiger partial charge on any atom is -0.366 e. The molecule has 0 radical (unpaired) electrons. The molecule has 1 aromatic carbocycles. The van der Waals surface area contributed by atoms with Crippen molar-refractivity contribution >= 4 is 57.9 Å². The fourth-order valence-electron chi connectivity index (χ4n) is 13.9. The normalized spacial score (nSPS) is 28.6. The third-order valence-corrected chi connectivity index (χ3v) is 18.4. The second kappa shape index (κ2) is 17.4. The van der Waals surface area contributed by atoms with Crippen molar-refractivity contribution in [2.24, 2.45) is 23.7 Å². The number of fused-ring (bicyclic) bond motifs is 4. The highest BCUT2D eigenvalue weighted by molar-refractivity contribution is 6.09. The zero-order valence-corrected chi connectivity index (χ0v) is 41.2. The number of hydrogen-bond acceptors (Lipinski definition) is 11. The van der Waals surface area contributed by atoms with E-state index in [0.717, 1.165) is 115 Å². The van der Waals surface area contributed by atoms with Gasteiger partial charge < -0.3 is 34.4 Å². The molecule has 1 unspecified atom stereocenters. The molecule has 0 bridgehead atoms. The fraction of sp³-hybridized carbons (Fsp3) is 0.600. The lowest BCUT2D eigenvalue weighted by Crippen LogP contribution is -2.58. The number of piperidine rings is 5. The molecule has 3 saturated carbocycles. The van der Waals surface area contributed by atoms with Gasteiger partial charge in [-0.1, -0.05) is 24.6 Å². The van der Waals surface area contributed by atoms with Crippen molar-refractivity contribution in [3.05, 3.63) is 60.0 Å². The van der Waals surface area contributed by atoms with Crippen LogP contribution in [-0.2, 0) is 29.4 Å². The summed E-state index contributed by atoms with van der Waals surface area (Å²) in [5.74, 6) is 1.78. The zero-order chi connectivity index (χ0) is 48.3. The Morgan fingerprint density at radius 2 is 1.56 bits per heavy atom. The number of carbonyl (C=O) groups is 5. The van der Waals surface area contributed by atoms with Crippen molar-refractivity contribution < 1.29 is 24.0 Å². The van der Waals surface area contributed by atoms with Gasteiger partial charge in [0, 0.05) is 99.1 Å². The highest BCUT2D eigenvalue weighted by Crippen LogP contribution is 2.55. The number of imide groups is 1. The summed E-state index contributed by atoms with van der Waals surface area (Å²) >= 11 is 0. The predicted octanol–water partition coefficient (Wildman–Crippen LogP) is 6.01. The number of nitrogens with one attached hydrogen (secondary N) is 2. The van der Waals surface area contributed by atoms with Crippen LogP contribution in [-0.4, -0.2) is 134 Å². The number of pyridine rings is 2. The number of benzene rings is 1. The molecule has 5 saturated heterocycles. The van der Waals surface area contributed by atoms with Gasteiger partial charge in [0.2, 0.25) is 29.5 Å². The van der Waals surface area contributed by atoms with E-state index in [2.05, 4.69) is 73.0 Å². The maximum absolute atomic E-state index is 15.2. The first-order valence-electron chi connectivity index (χ1n) is 27.0. The van der Waals surface area contributed by atoms with Gasteiger partial charge in [0.05, 0.1) is 28.9 Å². The van der Waals surface area contributed by atoms with E-state index in [9.17, 15) is 19.2 Å². The summed E-state index contributed by atoms with van der Waals surface area (Å²) in [6.45, 7) is 10.5. The molecule has 3 aliphatic carbocycles. The van der Waals surface area contributed by atoms with Crippen LogP contribution in [0.15, 0.2) is 48.9 Å². The van der Waals surface area contributed by atoms with Crippen LogP contribution in [0.3, 0.4) is 0 Å². The van der Waals surface area contributed by atoms with E-state index in [1.807, 2.05) is 28.3 Å². The van der Waals surface area contributed by atoms with E-state index in [1.165, 1.54) is 19.3 Å². The topological polar surface area (TPSA) is 169 Å². The van der Waals surface area contributed by atoms with E-state index in [-0.39, 0.29) is 71.2 Å². The molecular weight excluding hydrogens is 895 g/mol. The van der Waals surface area contributed by atoms with Gasteiger partial charge in [-0.3, -0.25) is 29.3 Å². The predicted molar refractivity (Wildman–Crippen MR) is 269 cm³/mol. The third-order valence-electron chi connectivity index (χ3n) is 18.4. The van der Waals surface area contributed by atoms with Crippen LogP contribution in [0.2, 0.25) is 0 Å². The maximum Gasteiger partial charge on any atom is 0.238 e. The Kier molecular flexibility index (Phi) is 11.0. The van der Waals surface area contributed by atoms with Crippen LogP contribution in [0.4, 0.5) is 17.3 Å². The molecule has 13 rings (SSSR count). The molecule has 9 aliphatic rings. The second-order valence-corrected chi connectivity index (χ2v) is 22.9. The SMILES string of the molecule is CC(C)n1cnc2cc(-c3ccc4c(c3)N(C3CC(N5CCCCC5)C3)C(=O)C43CCN(C(=O)C4[C@H]5CN(C(=O)C6CCN(c7ccc([C@H]8CCC(=O)NC8=O)cn7)CC6)C[C@@H]45)CC3)nc(NC3CC3)c21. The molecule has 4 aromatic rings. The first-order chi connectivity index (χ1) is 34.5. The highest BCUT2D eigenvalue weighted by Gasteiger charge is 2.62. The van der Waals surface area contributed by atoms with Crippen molar-refractivity contribution in [3.63, 3.8) is 0 Å². The first-order valence-corrected chi connectivity index (χ1v) is 27.0. The number of hydrogen-bond donors (Lipinski definition) is 2. The fourth-order valence-corrected chi connectivity index (χ4v) is 13.9. The number of carbonyl (C=O) groups excluding carboxylic acids is 5. The molecule has 8 fully saturated rings. The molecule has 16 nitrogen and oxygen atoms in total. The molecule has 3 aromatic heterocycles. The lowest BCUT2D eigenvalue weighted by molar-refractivity contribution is -0.140. The second-order valence-electron chi connectivity index (χ2n) is 22.9. The smallest absolute Gasteiger partial charge is 0.238 e. The van der Waals surface area contributed by atoms with Crippen molar-refractivity contribution in [1.29, 1.82) is 0 Å². The number of imidazole rings is 1. The maximum atomic E-state index is 15.2. The van der Waals surface area contributed by atoms with Crippen molar-refractivity contribution in [2.75, 3.05) is 67.5 Å². The molecule has 2 N–H and O–H groups in total. The average molecular weight is 962 g/mol. The standard InChI is InChI=1S/C55H67N11O5/c1-32(2)65-31-57-44-27-43(59-50(49(44)65)58-36-8-9-36)34-6-11-42-45(24-34)66(38-25-37(26-38)61-18-4-3-5-19-61)54(71)55(42)16-22-63(23-17-55)53(70)48-40-29-64(30-41(40)48)52(69)33-14-20-62(21-15-33)46-12-7-35(28-56-46)39-10-13-47(67)60-51(39)68/h6-7,11-12,24,27-28,31-33,36-41,48H,3-5,8-10,13-23,25-26,29-30H2,1-2H3,(H,58,59)(H,60,67,68)/t37?,38?,39-,40-,41+,48?/m1/s1. The van der Waals surface area contributed by atoms with E-state index < -0.39 is 5.41 Å². The van der Waals surface area contributed by atoms with Gasteiger partial charge in [-0.2, -0.15) is 0 Å². The Labute approximate surface area is 415 Å². The minimum absolute atomic E-state index is 0.0479. The lowest BCUT2D eigenvalue weighted by atomic mass is 9.73. The molecule has 1 spiro atoms. The monoisotopic (exact) mass is 962 g/mol. The van der Waals surface area contributed by atoms with Crippen molar-refractivity contribution in [2.45, 2.75) is 133 Å². The van der Waals surface area contributed by atoms with Gasteiger partial charge in [-0.25, -0.2) is 15.0 Å². The van der Waals surface area contributed by atoms with Gasteiger partial charge in [-0.15, -0.1) is 0 Å². The molecule has 9 heterocycles. The number of rotatable bonds is 10. The summed E-state index contributed by atoms with van der Waals surface area (Å²) in [6.07, 6.45) is 15.3. The summed E-state index contributed by atoms with van der Waals surface area (Å²) in [7, 11) is 0. The Bertz CT molecular complexity index is 2780. The van der Waals surface area contributed by atoms with Gasteiger partial charge in [0.1, 0.15) is 11.3 Å². The van der Waals surface area contributed by atoms with Gasteiger partial charge in [-0.05, 0) is 139 Å². The number of amides is 5. The van der Waals surface area contributed by atoms with Crippen molar-refractivity contribution in [3.8, 4) is 11.3 Å². The Hall–Kier alpha value is -5.90. The summed E-state index contributed by atoms with van der Waals surface area (Å²) in [5, 5.41) is 6.13. The largest absolute Gasteiger partial charge is 0.366 e. The van der Waals surface area contributed by atoms with Crippen LogP contribution in [0.25, 0.3) is 22.3 Å². The molecule has 4 atom stereocenters. The minimum atomic E-state index is -0.666. The van der Waals surface area contributed by atoms with E-state index in [1.54, 1.807) is 6.20 Å². The van der Waals surface area contributed by atoms with Gasteiger partial charge in [0.15, 0.2) is 5.82 Å². The number of anilines is 3. The van der Waals surface area contributed by atoms with Gasteiger partial charge >= 0.3 is 0 Å². The Balaban J connectivity index is 0.663. The summed E-state index contributed by atoms with van der Waals surface area (Å²) in [5.41, 5.74) is 6.07. The summed E-state index contributed by atoms with van der Waals surface area (Å²) in [4.78, 5) is 93.2. The molecular formula is C55H67N11O5. The van der Waals surface area contributed by atoms with Crippen LogP contribution >= 0.6 is 0 Å². The quantitative estimate of drug-likeness (QED) is 0.179. The summed E-state index contributed by atoms with van der Waals surface area (Å²) in [6, 6.07) is 13.9. The first kappa shape index (κ1) is 45.0. The molecule has 372 valence electrons. The van der Waals surface area contributed by atoms with E-state index in [4.69, 9.17) is 9.97 Å². The van der Waals surface area contributed by atoms with Crippen LogP contribution in [0.5, 0.6) is 0 Å². The number of likely N-dealkylation sites (tertiary alicyclic amines) is 3. The van der Waals surface area contributed by atoms with Crippen LogP contribution in [0, 0.1) is 23.7 Å². The van der Waals surface area contributed by atoms with E-state index >= 15 is 4.79 Å². The zero-order valence-electron chi connectivity index (χ0n) is 41.2. The molecule has 5 amide bonds. The number of nitrogens with zero attached hydrogens (tertiary/aromatic N) is 9. The Morgan fingerprint density at radius 1 is 0.803 bits per heavy atom. The van der Waals surface area contributed by atoms with Crippen LogP contribution < -0.4 is 20.4 Å². The Morgan fingerprint density at radius 3 is 2.25 bits per heavy atom. The molecule has 71 heavy (non-hydrogen) atoms. The lowest BCUT2D eigenvalue weighted by Gasteiger charge is -2.48. The highest BCUT2D eigenvalue weighted by atomic mass is 16.2. The van der Waals surface area contributed by atoms with Crippen molar-refractivity contribution in [1.82, 2.24) is 39.5 Å².